The Labute approximate surface area is 120 Å². The normalized spacial score (nSPS) is 10.4. The maximum atomic E-state index is 4.57. The number of anilines is 2. The van der Waals surface area contributed by atoms with Gasteiger partial charge in [0.2, 0.25) is 0 Å². The molecule has 0 aliphatic heterocycles. The van der Waals surface area contributed by atoms with Crippen LogP contribution in [0.4, 0.5) is 11.6 Å². The lowest BCUT2D eigenvalue weighted by molar-refractivity contribution is 0.912. The monoisotopic (exact) mass is 325 g/mol. The Hall–Kier alpha value is -1.07. The second-order valence-corrected chi connectivity index (χ2v) is 5.91. The van der Waals surface area contributed by atoms with Crippen LogP contribution in [0.1, 0.15) is 11.8 Å². The van der Waals surface area contributed by atoms with Gasteiger partial charge in [-0.2, -0.15) is 0 Å². The molecule has 0 fully saturated rings. The SMILES string of the molecule is CCNc1cccc(N(C)Cc2cc(Br)cs2)n1. The maximum Gasteiger partial charge on any atom is 0.131 e. The summed E-state index contributed by atoms with van der Waals surface area (Å²) in [5.74, 6) is 1.91. The summed E-state index contributed by atoms with van der Waals surface area (Å²) in [7, 11) is 2.06. The quantitative estimate of drug-likeness (QED) is 0.901. The summed E-state index contributed by atoms with van der Waals surface area (Å²) in [6, 6.07) is 8.20. The summed E-state index contributed by atoms with van der Waals surface area (Å²) in [6.45, 7) is 3.83. The predicted molar refractivity (Wildman–Crippen MR) is 82.5 cm³/mol. The van der Waals surface area contributed by atoms with Crippen LogP contribution in [0.3, 0.4) is 0 Å². The number of hydrogen-bond donors (Lipinski definition) is 1. The molecule has 3 nitrogen and oxygen atoms in total. The Bertz CT molecular complexity index is 512. The fraction of sp³-hybridized carbons (Fsp3) is 0.308. The van der Waals surface area contributed by atoms with Crippen molar-refractivity contribution in [3.05, 3.63) is 39.0 Å². The number of pyridine rings is 1. The van der Waals surface area contributed by atoms with Gasteiger partial charge in [0, 0.05) is 28.3 Å². The highest BCUT2D eigenvalue weighted by atomic mass is 79.9. The van der Waals surface area contributed by atoms with Gasteiger partial charge in [0.15, 0.2) is 0 Å². The van der Waals surface area contributed by atoms with Crippen LogP contribution in [-0.4, -0.2) is 18.6 Å². The van der Waals surface area contributed by atoms with Gasteiger partial charge in [-0.1, -0.05) is 6.07 Å². The van der Waals surface area contributed by atoms with Gasteiger partial charge in [0.1, 0.15) is 11.6 Å². The molecule has 0 aromatic carbocycles. The van der Waals surface area contributed by atoms with E-state index in [2.05, 4.69) is 56.5 Å². The van der Waals surface area contributed by atoms with E-state index in [1.807, 2.05) is 18.2 Å². The second kappa shape index (κ2) is 6.20. The van der Waals surface area contributed by atoms with E-state index in [-0.39, 0.29) is 0 Å². The number of hydrogen-bond acceptors (Lipinski definition) is 4. The average molecular weight is 326 g/mol. The van der Waals surface area contributed by atoms with E-state index in [0.29, 0.717) is 0 Å². The Morgan fingerprint density at radius 2 is 2.28 bits per heavy atom. The van der Waals surface area contributed by atoms with Crippen molar-refractivity contribution in [2.75, 3.05) is 23.8 Å². The first-order chi connectivity index (χ1) is 8.69. The number of nitrogens with one attached hydrogen (secondary N) is 1. The smallest absolute Gasteiger partial charge is 0.131 e. The van der Waals surface area contributed by atoms with Gasteiger partial charge in [0.25, 0.3) is 0 Å². The third-order valence-electron chi connectivity index (χ3n) is 2.50. The molecule has 2 aromatic heterocycles. The molecule has 0 aliphatic carbocycles. The zero-order valence-electron chi connectivity index (χ0n) is 10.5. The minimum absolute atomic E-state index is 0.874. The number of thiophene rings is 1. The molecule has 18 heavy (non-hydrogen) atoms. The first-order valence-corrected chi connectivity index (χ1v) is 7.51. The van der Waals surface area contributed by atoms with Crippen LogP contribution < -0.4 is 10.2 Å². The first kappa shape index (κ1) is 13.4. The van der Waals surface area contributed by atoms with Crippen LogP contribution in [-0.2, 0) is 6.54 Å². The number of halogens is 1. The van der Waals surface area contributed by atoms with Crippen molar-refractivity contribution in [2.45, 2.75) is 13.5 Å². The van der Waals surface area contributed by atoms with Crippen LogP contribution in [0.2, 0.25) is 0 Å². The fourth-order valence-corrected chi connectivity index (χ4v) is 3.17. The van der Waals surface area contributed by atoms with Gasteiger partial charge < -0.3 is 10.2 Å². The Morgan fingerprint density at radius 3 is 2.94 bits per heavy atom. The third kappa shape index (κ3) is 3.46. The highest BCUT2D eigenvalue weighted by molar-refractivity contribution is 9.10. The number of aromatic nitrogens is 1. The van der Waals surface area contributed by atoms with Gasteiger partial charge in [-0.3, -0.25) is 0 Å². The van der Waals surface area contributed by atoms with Crippen LogP contribution in [0.15, 0.2) is 34.1 Å². The molecular formula is C13H16BrN3S. The molecule has 0 spiro atoms. The molecule has 0 saturated carbocycles. The molecule has 5 heteroatoms. The lowest BCUT2D eigenvalue weighted by Crippen LogP contribution is -2.17. The van der Waals surface area contributed by atoms with E-state index in [4.69, 9.17) is 0 Å². The fourth-order valence-electron chi connectivity index (χ4n) is 1.67. The van der Waals surface area contributed by atoms with Crippen molar-refractivity contribution in [2.24, 2.45) is 0 Å². The Morgan fingerprint density at radius 1 is 1.44 bits per heavy atom. The molecule has 0 unspecified atom stereocenters. The largest absolute Gasteiger partial charge is 0.370 e. The summed E-state index contributed by atoms with van der Waals surface area (Å²) in [6.07, 6.45) is 0. The van der Waals surface area contributed by atoms with Crippen molar-refractivity contribution >= 4 is 38.9 Å². The van der Waals surface area contributed by atoms with Crippen molar-refractivity contribution in [1.82, 2.24) is 4.98 Å². The number of nitrogens with zero attached hydrogens (tertiary/aromatic N) is 2. The van der Waals surface area contributed by atoms with Gasteiger partial charge in [-0.25, -0.2) is 4.98 Å². The lowest BCUT2D eigenvalue weighted by atomic mass is 10.4. The van der Waals surface area contributed by atoms with Crippen molar-refractivity contribution < 1.29 is 0 Å². The summed E-state index contributed by atoms with van der Waals surface area (Å²) in [5.41, 5.74) is 0. The van der Waals surface area contributed by atoms with Crippen molar-refractivity contribution in [3.8, 4) is 0 Å². The van der Waals surface area contributed by atoms with Gasteiger partial charge in [-0.05, 0) is 41.1 Å². The number of rotatable bonds is 5. The molecule has 0 atom stereocenters. The summed E-state index contributed by atoms with van der Waals surface area (Å²) < 4.78 is 1.14. The highest BCUT2D eigenvalue weighted by Gasteiger charge is 2.06. The van der Waals surface area contributed by atoms with Gasteiger partial charge in [0.05, 0.1) is 6.54 Å². The third-order valence-corrected chi connectivity index (χ3v) is 4.18. The van der Waals surface area contributed by atoms with Crippen molar-refractivity contribution in [1.29, 1.82) is 0 Å². The molecule has 2 aromatic rings. The molecule has 1 N–H and O–H groups in total. The van der Waals surface area contributed by atoms with Gasteiger partial charge in [-0.15, -0.1) is 11.3 Å². The topological polar surface area (TPSA) is 28.2 Å². The molecule has 2 rings (SSSR count). The molecule has 0 aliphatic rings. The molecule has 0 radical (unpaired) electrons. The van der Waals surface area contributed by atoms with Crippen LogP contribution in [0, 0.1) is 0 Å². The standard InChI is InChI=1S/C13H16BrN3S/c1-3-15-12-5-4-6-13(16-12)17(2)8-11-7-10(14)9-18-11/h4-7,9H,3,8H2,1-2H3,(H,15,16). The van der Waals surface area contributed by atoms with Crippen LogP contribution in [0.5, 0.6) is 0 Å². The molecule has 0 saturated heterocycles. The minimum Gasteiger partial charge on any atom is -0.370 e. The van der Waals surface area contributed by atoms with E-state index in [9.17, 15) is 0 Å². The average Bonchev–Trinajstić information content (AvgIpc) is 2.75. The zero-order chi connectivity index (χ0) is 13.0. The summed E-state index contributed by atoms with van der Waals surface area (Å²) in [4.78, 5) is 8.04. The molecule has 0 amide bonds. The first-order valence-electron chi connectivity index (χ1n) is 5.84. The lowest BCUT2D eigenvalue weighted by Gasteiger charge is -2.18. The van der Waals surface area contributed by atoms with E-state index >= 15 is 0 Å². The van der Waals surface area contributed by atoms with Gasteiger partial charge >= 0.3 is 0 Å². The predicted octanol–water partition coefficient (Wildman–Crippen LogP) is 3.97. The van der Waals surface area contributed by atoms with Crippen LogP contribution in [0.25, 0.3) is 0 Å². The molecular weight excluding hydrogens is 310 g/mol. The second-order valence-electron chi connectivity index (χ2n) is 4.00. The van der Waals surface area contributed by atoms with E-state index in [1.165, 1.54) is 4.88 Å². The molecule has 0 bridgehead atoms. The van der Waals surface area contributed by atoms with E-state index in [0.717, 1.165) is 29.2 Å². The minimum atomic E-state index is 0.874. The zero-order valence-corrected chi connectivity index (χ0v) is 12.9. The maximum absolute atomic E-state index is 4.57. The molecule has 96 valence electrons. The summed E-state index contributed by atoms with van der Waals surface area (Å²) >= 11 is 5.23. The molecule has 2 heterocycles. The highest BCUT2D eigenvalue weighted by Crippen LogP contribution is 2.22. The van der Waals surface area contributed by atoms with E-state index < -0.39 is 0 Å². The van der Waals surface area contributed by atoms with Crippen LogP contribution >= 0.6 is 27.3 Å². The summed E-state index contributed by atoms with van der Waals surface area (Å²) in [5, 5.41) is 5.33. The Balaban J connectivity index is 2.08. The van der Waals surface area contributed by atoms with Crippen molar-refractivity contribution in [3.63, 3.8) is 0 Å². The van der Waals surface area contributed by atoms with E-state index in [1.54, 1.807) is 11.3 Å². The Kier molecular flexibility index (Phi) is 4.60.